The quantitative estimate of drug-likeness (QED) is 0.380. The Bertz CT molecular complexity index is 1180. The van der Waals surface area contributed by atoms with Crippen LogP contribution in [0.25, 0.3) is 0 Å². The average molecular weight is 639 g/mol. The molecular weight excluding hydrogens is 597 g/mol. The minimum absolute atomic E-state index is 0.0353. The lowest BCUT2D eigenvalue weighted by atomic mass is 9.77. The number of benzene rings is 1. The summed E-state index contributed by atoms with van der Waals surface area (Å²) in [5, 5.41) is 13.4. The third-order valence-electron chi connectivity index (χ3n) is 10.0. The highest BCUT2D eigenvalue weighted by Crippen LogP contribution is 2.50. The number of piperidine rings is 1. The Morgan fingerprint density at radius 2 is 1.62 bits per heavy atom. The summed E-state index contributed by atoms with van der Waals surface area (Å²) < 4.78 is 0. The molecule has 11 heteroatoms. The van der Waals surface area contributed by atoms with E-state index in [-0.39, 0.29) is 30.2 Å². The number of hydrogen-bond acceptors (Lipinski definition) is 5. The van der Waals surface area contributed by atoms with E-state index >= 15 is 0 Å². The predicted molar refractivity (Wildman–Crippen MR) is 165 cm³/mol. The summed E-state index contributed by atoms with van der Waals surface area (Å²) in [4.78, 5) is 56.0. The molecule has 2 aliphatic carbocycles. The maximum absolute atomic E-state index is 13.9. The number of carboxylic acid groups (broad SMARTS) is 1. The van der Waals surface area contributed by atoms with Gasteiger partial charge in [0, 0.05) is 40.9 Å². The number of halogens is 2. The van der Waals surface area contributed by atoms with Crippen LogP contribution in [0.2, 0.25) is 10.0 Å². The molecule has 2 heterocycles. The van der Waals surface area contributed by atoms with Crippen molar-refractivity contribution in [3.05, 3.63) is 33.8 Å². The number of carbonyl (C=O) groups is 4. The van der Waals surface area contributed by atoms with Gasteiger partial charge in [-0.05, 0) is 87.3 Å². The number of carboxylic acids is 1. The molecule has 2 unspecified atom stereocenters. The number of hydrogen-bond donors (Lipinski definition) is 2. The summed E-state index contributed by atoms with van der Waals surface area (Å²) in [6.07, 6.45) is 10.3. The number of aliphatic carboxylic acids is 1. The topological polar surface area (TPSA) is 107 Å². The summed E-state index contributed by atoms with van der Waals surface area (Å²) >= 11 is 13.8. The van der Waals surface area contributed by atoms with E-state index in [9.17, 15) is 24.3 Å². The van der Waals surface area contributed by atoms with Gasteiger partial charge in [-0.3, -0.25) is 14.4 Å². The monoisotopic (exact) mass is 637 g/mol. The van der Waals surface area contributed by atoms with E-state index in [2.05, 4.69) is 12.2 Å². The molecule has 0 aromatic heterocycles. The van der Waals surface area contributed by atoms with Crippen LogP contribution >= 0.6 is 35.0 Å². The van der Waals surface area contributed by atoms with Crippen LogP contribution in [0.15, 0.2) is 18.2 Å². The normalized spacial score (nSPS) is 27.8. The molecule has 0 bridgehead atoms. The van der Waals surface area contributed by atoms with Crippen LogP contribution in [0.1, 0.15) is 94.3 Å². The fourth-order valence-electron chi connectivity index (χ4n) is 7.46. The lowest BCUT2D eigenvalue weighted by Crippen LogP contribution is -2.55. The van der Waals surface area contributed by atoms with Gasteiger partial charge in [-0.2, -0.15) is 0 Å². The van der Waals surface area contributed by atoms with Gasteiger partial charge in [0.1, 0.15) is 12.1 Å². The second kappa shape index (κ2) is 12.9. The first-order valence-electron chi connectivity index (χ1n) is 15.3. The van der Waals surface area contributed by atoms with Crippen LogP contribution in [0.4, 0.5) is 0 Å². The minimum Gasteiger partial charge on any atom is -0.480 e. The first-order chi connectivity index (χ1) is 20.0. The molecule has 2 saturated carbocycles. The van der Waals surface area contributed by atoms with Crippen LogP contribution in [0.3, 0.4) is 0 Å². The Balaban J connectivity index is 1.32. The van der Waals surface area contributed by atoms with E-state index in [0.29, 0.717) is 40.2 Å². The van der Waals surface area contributed by atoms with Crippen LogP contribution in [-0.2, 0) is 14.4 Å². The Labute approximate surface area is 262 Å². The van der Waals surface area contributed by atoms with Crippen LogP contribution < -0.4 is 5.32 Å². The SMILES string of the molecule is CC1CCC2(CC1)SCC(C(=O)O)N2C(=O)CCC(NC(=O)c1cc(Cl)cc(Cl)c1)C(=O)N1CCC2(CCCC2)CC1. The maximum Gasteiger partial charge on any atom is 0.327 e. The lowest BCUT2D eigenvalue weighted by molar-refractivity contribution is -0.152. The van der Waals surface area contributed by atoms with Gasteiger partial charge in [-0.25, -0.2) is 4.79 Å². The van der Waals surface area contributed by atoms with E-state index in [1.807, 2.05) is 4.90 Å². The third kappa shape index (κ3) is 6.73. The summed E-state index contributed by atoms with van der Waals surface area (Å²) in [6, 6.07) is 2.69. The van der Waals surface area contributed by atoms with Crippen molar-refractivity contribution >= 4 is 58.7 Å². The van der Waals surface area contributed by atoms with Gasteiger partial charge in [0.25, 0.3) is 5.91 Å². The van der Waals surface area contributed by atoms with E-state index in [4.69, 9.17) is 23.2 Å². The van der Waals surface area contributed by atoms with Crippen molar-refractivity contribution in [2.45, 2.75) is 101 Å². The summed E-state index contributed by atoms with van der Waals surface area (Å²) in [5.74, 6) is -1.07. The molecule has 1 aromatic rings. The van der Waals surface area contributed by atoms with Crippen LogP contribution in [0, 0.1) is 11.3 Å². The number of carbonyl (C=O) groups excluding carboxylic acids is 3. The zero-order chi connectivity index (χ0) is 30.1. The van der Waals surface area contributed by atoms with E-state index in [1.165, 1.54) is 43.9 Å². The predicted octanol–water partition coefficient (Wildman–Crippen LogP) is 5.99. The Hall–Kier alpha value is -1.97. The Morgan fingerprint density at radius 3 is 2.21 bits per heavy atom. The zero-order valence-corrected chi connectivity index (χ0v) is 26.5. The van der Waals surface area contributed by atoms with E-state index in [1.54, 1.807) is 16.7 Å². The highest BCUT2D eigenvalue weighted by molar-refractivity contribution is 8.01. The summed E-state index contributed by atoms with van der Waals surface area (Å²) in [5.41, 5.74) is 0.561. The lowest BCUT2D eigenvalue weighted by Gasteiger charge is -2.43. The fraction of sp³-hybridized carbons (Fsp3) is 0.677. The molecule has 5 rings (SSSR count). The number of rotatable bonds is 7. The van der Waals surface area contributed by atoms with Crippen molar-refractivity contribution in [2.24, 2.45) is 11.3 Å². The maximum atomic E-state index is 13.9. The molecule has 1 aromatic carbocycles. The molecule has 42 heavy (non-hydrogen) atoms. The molecule has 230 valence electrons. The van der Waals surface area contributed by atoms with E-state index < -0.39 is 28.8 Å². The van der Waals surface area contributed by atoms with Gasteiger partial charge in [-0.15, -0.1) is 11.8 Å². The second-order valence-corrected chi connectivity index (χ2v) is 15.1. The van der Waals surface area contributed by atoms with Crippen molar-refractivity contribution in [2.75, 3.05) is 18.8 Å². The number of amides is 3. The summed E-state index contributed by atoms with van der Waals surface area (Å²) in [6.45, 7) is 3.45. The van der Waals surface area contributed by atoms with Gasteiger partial charge in [0.05, 0.1) is 4.87 Å². The number of likely N-dealkylation sites (tertiary alicyclic amines) is 1. The van der Waals surface area contributed by atoms with E-state index in [0.717, 1.165) is 38.5 Å². The zero-order valence-electron chi connectivity index (χ0n) is 24.2. The number of thioether (sulfide) groups is 1. The first kappa shape index (κ1) is 31.5. The highest BCUT2D eigenvalue weighted by atomic mass is 35.5. The molecule has 2 aliphatic heterocycles. The van der Waals surface area contributed by atoms with Crippen molar-refractivity contribution in [3.8, 4) is 0 Å². The molecule has 2 saturated heterocycles. The first-order valence-corrected chi connectivity index (χ1v) is 17.0. The standard InChI is InChI=1S/C31H41Cl2N3O5S/c1-20-6-10-31(11-7-20)36(25(19-42-31)29(40)41)26(37)5-4-24(34-27(38)21-16-22(32)18-23(33)17-21)28(39)35-14-12-30(13-15-35)8-2-3-9-30/h16-18,20,24-25H,2-15,19H2,1H3,(H,34,38)(H,40,41). The van der Waals surface area contributed by atoms with Gasteiger partial charge < -0.3 is 20.2 Å². The molecule has 2 N–H and O–H groups in total. The Morgan fingerprint density at radius 1 is 1.00 bits per heavy atom. The largest absolute Gasteiger partial charge is 0.480 e. The minimum atomic E-state index is -1.00. The molecule has 3 amide bonds. The van der Waals surface area contributed by atoms with Crippen molar-refractivity contribution in [3.63, 3.8) is 0 Å². The van der Waals surface area contributed by atoms with Crippen LogP contribution in [-0.4, -0.2) is 74.4 Å². The van der Waals surface area contributed by atoms with Gasteiger partial charge in [0.15, 0.2) is 0 Å². The van der Waals surface area contributed by atoms with Crippen molar-refractivity contribution in [1.82, 2.24) is 15.1 Å². The second-order valence-electron chi connectivity index (χ2n) is 12.8. The van der Waals surface area contributed by atoms with Crippen molar-refractivity contribution < 1.29 is 24.3 Å². The molecule has 4 aliphatic rings. The van der Waals surface area contributed by atoms with Gasteiger partial charge in [0.2, 0.25) is 11.8 Å². The molecule has 0 radical (unpaired) electrons. The van der Waals surface area contributed by atoms with Crippen molar-refractivity contribution in [1.29, 1.82) is 0 Å². The van der Waals surface area contributed by atoms with Crippen LogP contribution in [0.5, 0.6) is 0 Å². The molecule has 2 atom stereocenters. The Kier molecular flexibility index (Phi) is 9.70. The molecule has 4 fully saturated rings. The molecule has 8 nitrogen and oxygen atoms in total. The third-order valence-corrected chi connectivity index (χ3v) is 12.1. The van der Waals surface area contributed by atoms with Gasteiger partial charge in [-0.1, -0.05) is 43.0 Å². The van der Waals surface area contributed by atoms with Gasteiger partial charge >= 0.3 is 5.97 Å². The highest BCUT2D eigenvalue weighted by Gasteiger charge is 2.53. The molecule has 2 spiro atoms. The fourth-order valence-corrected chi connectivity index (χ4v) is 9.64. The summed E-state index contributed by atoms with van der Waals surface area (Å²) in [7, 11) is 0. The number of nitrogens with zero attached hydrogens (tertiary/aromatic N) is 2. The smallest absolute Gasteiger partial charge is 0.327 e. The molecular formula is C31H41Cl2N3O5S. The number of nitrogens with one attached hydrogen (secondary N) is 1. The average Bonchev–Trinajstić information content (AvgIpc) is 3.57.